The lowest BCUT2D eigenvalue weighted by Gasteiger charge is -2.10. The van der Waals surface area contributed by atoms with Gasteiger partial charge in [0.2, 0.25) is 0 Å². The molecule has 0 aliphatic heterocycles. The SMILES string of the molecule is O=C(NCc1cccnc1-n1cncn1)c1ccc(=O)n(CCOc2ccccc2)n1. The summed E-state index contributed by atoms with van der Waals surface area (Å²) in [5.41, 5.74) is 0.574. The molecule has 0 bridgehead atoms. The van der Waals surface area contributed by atoms with Crippen molar-refractivity contribution in [2.45, 2.75) is 13.1 Å². The van der Waals surface area contributed by atoms with E-state index in [1.165, 1.54) is 34.2 Å². The Morgan fingerprint density at radius 3 is 2.74 bits per heavy atom. The van der Waals surface area contributed by atoms with Gasteiger partial charge in [0.05, 0.1) is 6.54 Å². The highest BCUT2D eigenvalue weighted by Crippen LogP contribution is 2.10. The first-order valence-corrected chi connectivity index (χ1v) is 9.54. The number of benzene rings is 1. The number of hydrogen-bond donors (Lipinski definition) is 1. The van der Waals surface area contributed by atoms with Crippen molar-refractivity contribution in [3.63, 3.8) is 0 Å². The van der Waals surface area contributed by atoms with E-state index in [2.05, 4.69) is 25.5 Å². The highest BCUT2D eigenvalue weighted by atomic mass is 16.5. The maximum atomic E-state index is 12.6. The molecule has 0 saturated carbocycles. The number of ether oxygens (including phenoxy) is 1. The number of hydrogen-bond acceptors (Lipinski definition) is 7. The summed E-state index contributed by atoms with van der Waals surface area (Å²) in [6.07, 6.45) is 4.58. The Hall–Kier alpha value is -4.34. The molecule has 0 atom stereocenters. The standard InChI is InChI=1S/C21H19N7O3/c29-19-9-8-18(26-27(19)11-12-31-17-6-2-1-3-7-17)21(30)24-13-16-5-4-10-23-20(16)28-15-22-14-25-28/h1-10,14-15H,11-13H2,(H,24,30). The molecule has 1 aromatic carbocycles. The molecule has 10 heteroatoms. The Kier molecular flexibility index (Phi) is 6.08. The first-order valence-electron chi connectivity index (χ1n) is 9.54. The Morgan fingerprint density at radius 1 is 1.06 bits per heavy atom. The molecule has 4 aromatic rings. The molecular weight excluding hydrogens is 398 g/mol. The highest BCUT2D eigenvalue weighted by molar-refractivity contribution is 5.91. The number of nitrogens with one attached hydrogen (secondary N) is 1. The van der Waals surface area contributed by atoms with Crippen LogP contribution >= 0.6 is 0 Å². The Bertz CT molecular complexity index is 1210. The van der Waals surface area contributed by atoms with Crippen molar-refractivity contribution in [3.05, 3.63) is 95.1 Å². The molecule has 1 amide bonds. The van der Waals surface area contributed by atoms with Gasteiger partial charge in [0.15, 0.2) is 5.82 Å². The molecule has 1 N–H and O–H groups in total. The number of rotatable bonds is 8. The average Bonchev–Trinajstić information content (AvgIpc) is 3.34. The van der Waals surface area contributed by atoms with E-state index in [4.69, 9.17) is 4.74 Å². The van der Waals surface area contributed by atoms with E-state index < -0.39 is 5.91 Å². The molecular formula is C21H19N7O3. The van der Waals surface area contributed by atoms with Gasteiger partial charge in [0, 0.05) is 24.4 Å². The van der Waals surface area contributed by atoms with Crippen LogP contribution in [0.4, 0.5) is 0 Å². The van der Waals surface area contributed by atoms with E-state index in [1.54, 1.807) is 12.3 Å². The summed E-state index contributed by atoms with van der Waals surface area (Å²) in [6.45, 7) is 0.673. The Morgan fingerprint density at radius 2 is 1.94 bits per heavy atom. The van der Waals surface area contributed by atoms with E-state index >= 15 is 0 Å². The van der Waals surface area contributed by atoms with Crippen molar-refractivity contribution in [3.8, 4) is 11.6 Å². The van der Waals surface area contributed by atoms with Gasteiger partial charge in [-0.15, -0.1) is 0 Å². The predicted octanol–water partition coefficient (Wildman–Crippen LogP) is 1.23. The summed E-state index contributed by atoms with van der Waals surface area (Å²) in [4.78, 5) is 32.9. The zero-order valence-corrected chi connectivity index (χ0v) is 16.5. The van der Waals surface area contributed by atoms with Crippen LogP contribution in [0.25, 0.3) is 5.82 Å². The second kappa shape index (κ2) is 9.44. The van der Waals surface area contributed by atoms with Crippen LogP contribution < -0.4 is 15.6 Å². The van der Waals surface area contributed by atoms with Gasteiger partial charge in [0.25, 0.3) is 11.5 Å². The zero-order chi connectivity index (χ0) is 21.5. The first kappa shape index (κ1) is 20.0. The van der Waals surface area contributed by atoms with E-state index in [1.807, 2.05) is 36.4 Å². The minimum Gasteiger partial charge on any atom is -0.492 e. The fraction of sp³-hybridized carbons (Fsp3) is 0.143. The number of nitrogens with zero attached hydrogens (tertiary/aromatic N) is 6. The molecule has 0 aliphatic carbocycles. The summed E-state index contributed by atoms with van der Waals surface area (Å²) < 4.78 is 8.33. The first-order chi connectivity index (χ1) is 15.2. The van der Waals surface area contributed by atoms with Gasteiger partial charge in [-0.3, -0.25) is 9.59 Å². The highest BCUT2D eigenvalue weighted by Gasteiger charge is 2.12. The lowest BCUT2D eigenvalue weighted by atomic mass is 10.2. The monoisotopic (exact) mass is 417 g/mol. The Labute approximate surface area is 177 Å². The van der Waals surface area contributed by atoms with Gasteiger partial charge in [-0.05, 0) is 24.3 Å². The molecule has 156 valence electrons. The second-order valence-corrected chi connectivity index (χ2v) is 6.45. The van der Waals surface area contributed by atoms with Crippen molar-refractivity contribution in [2.24, 2.45) is 0 Å². The maximum absolute atomic E-state index is 12.6. The van der Waals surface area contributed by atoms with Gasteiger partial charge in [-0.2, -0.15) is 10.2 Å². The predicted molar refractivity (Wildman–Crippen MR) is 111 cm³/mol. The van der Waals surface area contributed by atoms with Crippen molar-refractivity contribution in [2.75, 3.05) is 6.61 Å². The minimum absolute atomic E-state index is 0.130. The number of aromatic nitrogens is 6. The van der Waals surface area contributed by atoms with Gasteiger partial charge >= 0.3 is 0 Å². The summed E-state index contributed by atoms with van der Waals surface area (Å²) in [5.74, 6) is 0.853. The Balaban J connectivity index is 1.40. The van der Waals surface area contributed by atoms with Crippen LogP contribution in [0.3, 0.4) is 0 Å². The average molecular weight is 417 g/mol. The van der Waals surface area contributed by atoms with E-state index in [9.17, 15) is 9.59 Å². The molecule has 0 spiro atoms. The van der Waals surface area contributed by atoms with Crippen molar-refractivity contribution >= 4 is 5.91 Å². The second-order valence-electron chi connectivity index (χ2n) is 6.45. The van der Waals surface area contributed by atoms with Gasteiger partial charge in [-0.25, -0.2) is 19.3 Å². The van der Waals surface area contributed by atoms with E-state index in [0.717, 1.165) is 5.56 Å². The summed E-state index contributed by atoms with van der Waals surface area (Å²) >= 11 is 0. The van der Waals surface area contributed by atoms with Gasteiger partial charge < -0.3 is 10.1 Å². The molecule has 3 heterocycles. The molecule has 4 rings (SSSR count). The third-order valence-electron chi connectivity index (χ3n) is 4.36. The summed E-state index contributed by atoms with van der Waals surface area (Å²) in [5, 5.41) is 11.0. The summed E-state index contributed by atoms with van der Waals surface area (Å²) in [6, 6.07) is 15.6. The third kappa shape index (κ3) is 4.99. The van der Waals surface area contributed by atoms with Gasteiger partial charge in [-0.1, -0.05) is 24.3 Å². The molecule has 0 radical (unpaired) electrons. The third-order valence-corrected chi connectivity index (χ3v) is 4.36. The molecule has 3 aromatic heterocycles. The quantitative estimate of drug-likeness (QED) is 0.458. The number of para-hydroxylation sites is 1. The molecule has 0 saturated heterocycles. The fourth-order valence-electron chi connectivity index (χ4n) is 2.86. The fourth-order valence-corrected chi connectivity index (χ4v) is 2.86. The maximum Gasteiger partial charge on any atom is 0.271 e. The molecule has 0 unspecified atom stereocenters. The van der Waals surface area contributed by atoms with E-state index in [0.29, 0.717) is 11.6 Å². The summed E-state index contributed by atoms with van der Waals surface area (Å²) in [7, 11) is 0. The largest absolute Gasteiger partial charge is 0.492 e. The number of carbonyl (C=O) groups excluding carboxylic acids is 1. The topological polar surface area (TPSA) is 117 Å². The van der Waals surface area contributed by atoms with Crippen LogP contribution in [0, 0.1) is 0 Å². The lowest BCUT2D eigenvalue weighted by molar-refractivity contribution is 0.0943. The zero-order valence-electron chi connectivity index (χ0n) is 16.5. The van der Waals surface area contributed by atoms with Crippen LogP contribution in [-0.4, -0.2) is 42.0 Å². The van der Waals surface area contributed by atoms with Crippen LogP contribution in [-0.2, 0) is 13.1 Å². The molecule has 0 fully saturated rings. The van der Waals surface area contributed by atoms with Crippen LogP contribution in [0.2, 0.25) is 0 Å². The van der Waals surface area contributed by atoms with Gasteiger partial charge in [0.1, 0.15) is 30.7 Å². The van der Waals surface area contributed by atoms with Crippen LogP contribution in [0.1, 0.15) is 16.1 Å². The molecule has 0 aliphatic rings. The van der Waals surface area contributed by atoms with Crippen LogP contribution in [0.5, 0.6) is 5.75 Å². The van der Waals surface area contributed by atoms with E-state index in [-0.39, 0.29) is 30.9 Å². The van der Waals surface area contributed by atoms with Crippen LogP contribution in [0.15, 0.2) is 78.2 Å². The molecule has 31 heavy (non-hydrogen) atoms. The molecule has 10 nitrogen and oxygen atoms in total. The number of carbonyl (C=O) groups is 1. The number of amides is 1. The van der Waals surface area contributed by atoms with Crippen molar-refractivity contribution in [1.29, 1.82) is 0 Å². The lowest BCUT2D eigenvalue weighted by Crippen LogP contribution is -2.30. The smallest absolute Gasteiger partial charge is 0.271 e. The minimum atomic E-state index is -0.411. The van der Waals surface area contributed by atoms with Crippen molar-refractivity contribution in [1.82, 2.24) is 34.8 Å². The normalized spacial score (nSPS) is 10.6. The number of pyridine rings is 1. The van der Waals surface area contributed by atoms with Crippen molar-refractivity contribution < 1.29 is 9.53 Å².